The standard InChI is InChI=1S/C21H18BrClFNO3S/c1-28-17(26)11-21(27)7-2-8-25-16-10-13(24)9-15(22)18(16)19(20(21)25)29-14-5-3-12(23)4-6-14/h3-6,9-10,27H,2,7-8,11H2,1H3. The number of aryl methyl sites for hydroxylation is 1. The van der Waals surface area contributed by atoms with Crippen LogP contribution in [-0.4, -0.2) is 22.8 Å². The van der Waals surface area contributed by atoms with Crippen molar-refractivity contribution < 1.29 is 19.0 Å². The first kappa shape index (κ1) is 20.7. The van der Waals surface area contributed by atoms with Gasteiger partial charge in [-0.25, -0.2) is 4.39 Å². The molecule has 8 heteroatoms. The number of hydrogen-bond donors (Lipinski definition) is 1. The average Bonchev–Trinajstić information content (AvgIpc) is 2.98. The third kappa shape index (κ3) is 3.81. The van der Waals surface area contributed by atoms with Crippen LogP contribution in [0, 0.1) is 5.82 Å². The van der Waals surface area contributed by atoms with Crippen LogP contribution in [0.3, 0.4) is 0 Å². The predicted molar refractivity (Wildman–Crippen MR) is 115 cm³/mol. The number of nitrogens with zero attached hydrogens (tertiary/aromatic N) is 1. The van der Waals surface area contributed by atoms with E-state index in [-0.39, 0.29) is 12.2 Å². The number of aliphatic hydroxyl groups is 1. The Balaban J connectivity index is 1.97. The van der Waals surface area contributed by atoms with E-state index in [4.69, 9.17) is 16.3 Å². The fourth-order valence-corrected chi connectivity index (χ4v) is 6.00. The van der Waals surface area contributed by atoms with Crippen LogP contribution in [0.1, 0.15) is 25.0 Å². The molecule has 1 atom stereocenters. The van der Waals surface area contributed by atoms with Crippen molar-refractivity contribution in [1.29, 1.82) is 0 Å². The molecule has 4 nitrogen and oxygen atoms in total. The van der Waals surface area contributed by atoms with Gasteiger partial charge in [-0.3, -0.25) is 4.79 Å². The molecule has 0 saturated heterocycles. The van der Waals surface area contributed by atoms with E-state index in [2.05, 4.69) is 15.9 Å². The summed E-state index contributed by atoms with van der Waals surface area (Å²) in [6, 6.07) is 10.3. The van der Waals surface area contributed by atoms with Crippen LogP contribution in [0.2, 0.25) is 5.02 Å². The lowest BCUT2D eigenvalue weighted by Crippen LogP contribution is -2.36. The number of carbonyl (C=O) groups is 1. The second-order valence-electron chi connectivity index (χ2n) is 7.06. The molecule has 1 N–H and O–H groups in total. The van der Waals surface area contributed by atoms with Gasteiger partial charge in [0.05, 0.1) is 24.7 Å². The van der Waals surface area contributed by atoms with Crippen molar-refractivity contribution in [1.82, 2.24) is 4.57 Å². The number of methoxy groups -OCH3 is 1. The molecule has 0 spiro atoms. The highest BCUT2D eigenvalue weighted by molar-refractivity contribution is 9.10. The number of fused-ring (bicyclic) bond motifs is 3. The Morgan fingerprint density at radius 2 is 2.10 bits per heavy atom. The summed E-state index contributed by atoms with van der Waals surface area (Å²) < 4.78 is 21.6. The number of aromatic nitrogens is 1. The summed E-state index contributed by atoms with van der Waals surface area (Å²) >= 11 is 11.0. The fraction of sp³-hybridized carbons (Fsp3) is 0.286. The Bertz CT molecular complexity index is 1100. The predicted octanol–water partition coefficient (Wildman–Crippen LogP) is 5.89. The summed E-state index contributed by atoms with van der Waals surface area (Å²) in [4.78, 5) is 13.8. The van der Waals surface area contributed by atoms with Gasteiger partial charge in [-0.1, -0.05) is 23.4 Å². The van der Waals surface area contributed by atoms with Gasteiger partial charge >= 0.3 is 5.97 Å². The van der Waals surface area contributed by atoms with Crippen molar-refractivity contribution in [3.05, 3.63) is 57.4 Å². The minimum atomic E-state index is -1.39. The maximum atomic E-state index is 14.2. The van der Waals surface area contributed by atoms with Crippen LogP contribution in [0.4, 0.5) is 4.39 Å². The fourth-order valence-electron chi connectivity index (χ4n) is 3.90. The molecule has 0 saturated carbocycles. The highest BCUT2D eigenvalue weighted by atomic mass is 79.9. The summed E-state index contributed by atoms with van der Waals surface area (Å²) in [5.74, 6) is -0.853. The summed E-state index contributed by atoms with van der Waals surface area (Å²) in [6.07, 6.45) is 0.935. The van der Waals surface area contributed by atoms with Crippen molar-refractivity contribution in [2.75, 3.05) is 7.11 Å². The number of esters is 1. The lowest BCUT2D eigenvalue weighted by Gasteiger charge is -2.34. The normalized spacial score (nSPS) is 18.7. The number of benzene rings is 2. The zero-order chi connectivity index (χ0) is 20.8. The minimum Gasteiger partial charge on any atom is -0.469 e. The van der Waals surface area contributed by atoms with Crippen LogP contribution in [0.25, 0.3) is 10.9 Å². The van der Waals surface area contributed by atoms with Crippen LogP contribution in [0.5, 0.6) is 0 Å². The minimum absolute atomic E-state index is 0.159. The van der Waals surface area contributed by atoms with E-state index >= 15 is 0 Å². The van der Waals surface area contributed by atoms with Gasteiger partial charge < -0.3 is 14.4 Å². The number of hydrogen-bond acceptors (Lipinski definition) is 4. The highest BCUT2D eigenvalue weighted by Gasteiger charge is 2.42. The second kappa shape index (κ2) is 7.95. The molecule has 2 aromatic carbocycles. The van der Waals surface area contributed by atoms with Crippen LogP contribution in [0.15, 0.2) is 50.7 Å². The van der Waals surface area contributed by atoms with Crippen LogP contribution < -0.4 is 0 Å². The van der Waals surface area contributed by atoms with Gasteiger partial charge in [-0.15, -0.1) is 0 Å². The third-order valence-electron chi connectivity index (χ3n) is 5.15. The molecule has 0 amide bonds. The molecule has 1 unspecified atom stereocenters. The van der Waals surface area contributed by atoms with Gasteiger partial charge in [0, 0.05) is 31.2 Å². The van der Waals surface area contributed by atoms with E-state index in [9.17, 15) is 14.3 Å². The molecule has 0 fully saturated rings. The summed E-state index contributed by atoms with van der Waals surface area (Å²) in [6.45, 7) is 0.631. The maximum Gasteiger partial charge on any atom is 0.308 e. The van der Waals surface area contributed by atoms with Crippen molar-refractivity contribution in [3.8, 4) is 0 Å². The zero-order valence-electron chi connectivity index (χ0n) is 15.5. The van der Waals surface area contributed by atoms with E-state index in [1.807, 2.05) is 16.7 Å². The Kier molecular flexibility index (Phi) is 5.68. The highest BCUT2D eigenvalue weighted by Crippen LogP contribution is 2.49. The Hall–Kier alpha value is -1.54. The largest absolute Gasteiger partial charge is 0.469 e. The lowest BCUT2D eigenvalue weighted by atomic mass is 9.87. The van der Waals surface area contributed by atoms with Gasteiger partial charge in [-0.2, -0.15) is 0 Å². The number of rotatable bonds is 4. The lowest BCUT2D eigenvalue weighted by molar-refractivity contribution is -0.147. The molecule has 0 aliphatic carbocycles. The van der Waals surface area contributed by atoms with Crippen LogP contribution >= 0.6 is 39.3 Å². The first-order valence-electron chi connectivity index (χ1n) is 9.07. The Labute approximate surface area is 185 Å². The number of halogens is 3. The van der Waals surface area contributed by atoms with Gasteiger partial charge in [0.2, 0.25) is 0 Å². The van der Waals surface area contributed by atoms with E-state index in [1.165, 1.54) is 31.0 Å². The smallest absolute Gasteiger partial charge is 0.308 e. The average molecular weight is 499 g/mol. The van der Waals surface area contributed by atoms with Gasteiger partial charge in [0.25, 0.3) is 0 Å². The molecule has 0 radical (unpaired) electrons. The molecule has 3 aromatic rings. The molecule has 1 aliphatic heterocycles. The molecular formula is C21H18BrClFNO3S. The first-order valence-corrected chi connectivity index (χ1v) is 11.1. The monoisotopic (exact) mass is 497 g/mol. The summed E-state index contributed by atoms with van der Waals surface area (Å²) in [5, 5.41) is 13.0. The van der Waals surface area contributed by atoms with Crippen LogP contribution in [-0.2, 0) is 21.7 Å². The molecule has 1 aromatic heterocycles. The quantitative estimate of drug-likeness (QED) is 0.456. The van der Waals surface area contributed by atoms with E-state index in [0.717, 1.165) is 15.2 Å². The Morgan fingerprint density at radius 3 is 2.79 bits per heavy atom. The molecule has 152 valence electrons. The van der Waals surface area contributed by atoms with Gasteiger partial charge in [-0.05, 0) is 65.2 Å². The molecule has 0 bridgehead atoms. The second-order valence-corrected chi connectivity index (χ2v) is 9.43. The van der Waals surface area contributed by atoms with Gasteiger partial charge in [0.15, 0.2) is 0 Å². The topological polar surface area (TPSA) is 51.5 Å². The van der Waals surface area contributed by atoms with E-state index in [1.54, 1.807) is 12.1 Å². The molecule has 2 heterocycles. The Morgan fingerprint density at radius 1 is 1.38 bits per heavy atom. The van der Waals surface area contributed by atoms with Crippen molar-refractivity contribution >= 4 is 56.2 Å². The molecular weight excluding hydrogens is 481 g/mol. The molecule has 4 rings (SSSR count). The molecule has 29 heavy (non-hydrogen) atoms. The maximum absolute atomic E-state index is 14.2. The summed E-state index contributed by atoms with van der Waals surface area (Å²) in [7, 11) is 1.30. The zero-order valence-corrected chi connectivity index (χ0v) is 18.7. The van der Waals surface area contributed by atoms with Crippen molar-refractivity contribution in [2.24, 2.45) is 0 Å². The van der Waals surface area contributed by atoms with Crippen molar-refractivity contribution in [3.63, 3.8) is 0 Å². The van der Waals surface area contributed by atoms with Crippen molar-refractivity contribution in [2.45, 2.75) is 41.2 Å². The summed E-state index contributed by atoms with van der Waals surface area (Å²) in [5.41, 5.74) is -0.0867. The third-order valence-corrected chi connectivity index (χ3v) is 7.13. The molecule has 1 aliphatic rings. The number of carbonyl (C=O) groups excluding carboxylic acids is 1. The SMILES string of the molecule is COC(=O)CC1(O)CCCn2c1c(Sc1ccc(Cl)cc1)c1c(Br)cc(F)cc12. The number of ether oxygens (including phenoxy) is 1. The first-order chi connectivity index (χ1) is 13.8. The van der Waals surface area contributed by atoms with E-state index in [0.29, 0.717) is 40.1 Å². The van der Waals surface area contributed by atoms with Gasteiger partial charge in [0.1, 0.15) is 11.4 Å². The van der Waals surface area contributed by atoms with E-state index < -0.39 is 11.6 Å².